The summed E-state index contributed by atoms with van der Waals surface area (Å²) in [6.45, 7) is 1.87. The molecule has 0 saturated heterocycles. The smallest absolute Gasteiger partial charge is 0.251 e. The van der Waals surface area contributed by atoms with Crippen LogP contribution in [0, 0.1) is 6.92 Å². The Labute approximate surface area is 185 Å². The minimum absolute atomic E-state index is 0.0767. The van der Waals surface area contributed by atoms with Crippen molar-refractivity contribution < 1.29 is 23.8 Å². The van der Waals surface area contributed by atoms with Crippen molar-refractivity contribution in [1.82, 2.24) is 9.78 Å². The first-order valence-electron chi connectivity index (χ1n) is 10.0. The average Bonchev–Trinajstić information content (AvgIpc) is 3.27. The number of benzene rings is 2. The molecule has 1 aliphatic rings. The molecule has 0 saturated carbocycles. The number of fused-ring (bicyclic) bond motifs is 1. The van der Waals surface area contributed by atoms with Crippen LogP contribution in [0.5, 0.6) is 17.2 Å². The summed E-state index contributed by atoms with van der Waals surface area (Å²) < 4.78 is 17.4. The molecule has 166 valence electrons. The number of amides is 2. The van der Waals surface area contributed by atoms with Crippen molar-refractivity contribution >= 4 is 23.3 Å². The third kappa shape index (κ3) is 3.84. The summed E-state index contributed by atoms with van der Waals surface area (Å²) in [5.74, 6) is 1.73. The van der Waals surface area contributed by atoms with Gasteiger partial charge < -0.3 is 24.8 Å². The molecule has 2 heterocycles. The quantitative estimate of drug-likeness (QED) is 0.588. The van der Waals surface area contributed by atoms with E-state index in [0.717, 1.165) is 16.8 Å². The Morgan fingerprint density at radius 2 is 1.84 bits per heavy atom. The summed E-state index contributed by atoms with van der Waals surface area (Å²) in [5.41, 5.74) is 2.91. The Hall–Kier alpha value is -4.01. The van der Waals surface area contributed by atoms with E-state index in [-0.39, 0.29) is 18.2 Å². The van der Waals surface area contributed by atoms with Gasteiger partial charge in [0.2, 0.25) is 5.91 Å². The highest BCUT2D eigenvalue weighted by Crippen LogP contribution is 2.39. The molecule has 1 aromatic heterocycles. The molecular weight excluding hydrogens is 412 g/mol. The molecule has 32 heavy (non-hydrogen) atoms. The molecule has 3 aromatic rings. The molecule has 9 nitrogen and oxygen atoms in total. The first-order chi connectivity index (χ1) is 15.4. The fourth-order valence-electron chi connectivity index (χ4n) is 3.79. The third-order valence-electron chi connectivity index (χ3n) is 5.34. The van der Waals surface area contributed by atoms with Crippen molar-refractivity contribution in [2.45, 2.75) is 19.4 Å². The summed E-state index contributed by atoms with van der Waals surface area (Å²) in [6.07, 6.45) is -0.0767. The van der Waals surface area contributed by atoms with Gasteiger partial charge in [-0.3, -0.25) is 9.59 Å². The Balaban J connectivity index is 1.57. The predicted molar refractivity (Wildman–Crippen MR) is 119 cm³/mol. The first kappa shape index (κ1) is 21.2. The lowest BCUT2D eigenvalue weighted by Crippen LogP contribution is -2.24. The highest BCUT2D eigenvalue weighted by molar-refractivity contribution is 6.04. The maximum absolute atomic E-state index is 12.8. The van der Waals surface area contributed by atoms with Crippen molar-refractivity contribution in [2.75, 3.05) is 32.0 Å². The van der Waals surface area contributed by atoms with Gasteiger partial charge in [0.1, 0.15) is 29.1 Å². The highest BCUT2D eigenvalue weighted by Gasteiger charge is 2.36. The van der Waals surface area contributed by atoms with Crippen LogP contribution in [0.2, 0.25) is 0 Å². The molecule has 2 aromatic carbocycles. The second-order valence-electron chi connectivity index (χ2n) is 7.31. The van der Waals surface area contributed by atoms with Crippen LogP contribution in [0.25, 0.3) is 11.1 Å². The molecule has 1 atom stereocenters. The van der Waals surface area contributed by atoms with Gasteiger partial charge in [-0.25, -0.2) is 4.68 Å². The van der Waals surface area contributed by atoms with E-state index in [1.54, 1.807) is 37.1 Å². The molecule has 9 heteroatoms. The first-order valence-corrected chi connectivity index (χ1v) is 10.0. The number of carbonyl (C=O) groups excluding carboxylic acids is 2. The van der Waals surface area contributed by atoms with Gasteiger partial charge in [0, 0.05) is 11.6 Å². The SMILES string of the molecule is COc1cccc(-c2c(C)nn3c2NC(=O)C3CC(=O)Nc2ccc(OC)cc2OC)c1. The molecule has 0 bridgehead atoms. The molecule has 0 spiro atoms. The summed E-state index contributed by atoms with van der Waals surface area (Å²) in [7, 11) is 4.66. The topological polar surface area (TPSA) is 104 Å². The standard InChI is InChI=1S/C23H24N4O5/c1-13-21(14-6-5-7-15(10-14)30-2)22-25-23(29)18(27(22)26-13)12-20(28)24-17-9-8-16(31-3)11-19(17)32-4/h5-11,18H,12H2,1-4H3,(H,24,28)(H,25,29). The molecule has 2 amide bonds. The van der Waals surface area contributed by atoms with Crippen LogP contribution in [0.15, 0.2) is 42.5 Å². The number of nitrogens with one attached hydrogen (secondary N) is 2. The van der Waals surface area contributed by atoms with Crippen molar-refractivity contribution in [2.24, 2.45) is 0 Å². The van der Waals surface area contributed by atoms with Crippen LogP contribution in [0.3, 0.4) is 0 Å². The van der Waals surface area contributed by atoms with Crippen LogP contribution in [-0.4, -0.2) is 42.9 Å². The number of nitrogens with zero attached hydrogens (tertiary/aromatic N) is 2. The van der Waals surface area contributed by atoms with Gasteiger partial charge in [-0.15, -0.1) is 0 Å². The van der Waals surface area contributed by atoms with Crippen molar-refractivity contribution in [1.29, 1.82) is 0 Å². The van der Waals surface area contributed by atoms with Crippen molar-refractivity contribution in [3.63, 3.8) is 0 Å². The second-order valence-corrected chi connectivity index (χ2v) is 7.31. The largest absolute Gasteiger partial charge is 0.497 e. The minimum Gasteiger partial charge on any atom is -0.497 e. The number of carbonyl (C=O) groups is 2. The Morgan fingerprint density at radius 3 is 2.56 bits per heavy atom. The monoisotopic (exact) mass is 436 g/mol. The Bertz CT molecular complexity index is 1190. The number of rotatable bonds is 7. The van der Waals surface area contributed by atoms with Gasteiger partial charge in [0.25, 0.3) is 5.91 Å². The molecule has 1 aliphatic heterocycles. The Morgan fingerprint density at radius 1 is 1.09 bits per heavy atom. The zero-order chi connectivity index (χ0) is 22.8. The van der Waals surface area contributed by atoms with Gasteiger partial charge in [0.15, 0.2) is 0 Å². The number of hydrogen-bond donors (Lipinski definition) is 2. The number of ether oxygens (including phenoxy) is 3. The minimum atomic E-state index is -0.757. The highest BCUT2D eigenvalue weighted by atomic mass is 16.5. The molecule has 1 unspecified atom stereocenters. The van der Waals surface area contributed by atoms with E-state index in [2.05, 4.69) is 15.7 Å². The van der Waals surface area contributed by atoms with E-state index in [0.29, 0.717) is 28.8 Å². The van der Waals surface area contributed by atoms with Crippen molar-refractivity contribution in [3.05, 3.63) is 48.2 Å². The lowest BCUT2D eigenvalue weighted by Gasteiger charge is -2.13. The second kappa shape index (κ2) is 8.62. The van der Waals surface area contributed by atoms with Crippen LogP contribution < -0.4 is 24.8 Å². The van der Waals surface area contributed by atoms with Gasteiger partial charge in [-0.2, -0.15) is 5.10 Å². The van der Waals surface area contributed by atoms with E-state index < -0.39 is 6.04 Å². The van der Waals surface area contributed by atoms with E-state index in [4.69, 9.17) is 14.2 Å². The molecule has 0 radical (unpaired) electrons. The number of hydrogen-bond acceptors (Lipinski definition) is 6. The lowest BCUT2D eigenvalue weighted by atomic mass is 10.1. The summed E-state index contributed by atoms with van der Waals surface area (Å²) in [6, 6.07) is 11.9. The van der Waals surface area contributed by atoms with E-state index >= 15 is 0 Å². The molecule has 4 rings (SSSR count). The predicted octanol–water partition coefficient (Wildman–Crippen LogP) is 3.41. The van der Waals surface area contributed by atoms with Crippen LogP contribution in [-0.2, 0) is 9.59 Å². The average molecular weight is 436 g/mol. The summed E-state index contributed by atoms with van der Waals surface area (Å²) >= 11 is 0. The fraction of sp³-hybridized carbons (Fsp3) is 0.261. The zero-order valence-electron chi connectivity index (χ0n) is 18.3. The van der Waals surface area contributed by atoms with E-state index in [9.17, 15) is 9.59 Å². The fourth-order valence-corrected chi connectivity index (χ4v) is 3.79. The van der Waals surface area contributed by atoms with E-state index in [1.165, 1.54) is 7.11 Å². The van der Waals surface area contributed by atoms with Crippen LogP contribution in [0.4, 0.5) is 11.5 Å². The van der Waals surface area contributed by atoms with Gasteiger partial charge >= 0.3 is 0 Å². The van der Waals surface area contributed by atoms with Gasteiger partial charge in [0.05, 0.1) is 39.1 Å². The third-order valence-corrected chi connectivity index (χ3v) is 5.34. The summed E-state index contributed by atoms with van der Waals surface area (Å²) in [5, 5.41) is 10.2. The van der Waals surface area contributed by atoms with Crippen molar-refractivity contribution in [3.8, 4) is 28.4 Å². The number of aromatic nitrogens is 2. The molecule has 0 aliphatic carbocycles. The number of anilines is 2. The van der Waals surface area contributed by atoms with Crippen LogP contribution >= 0.6 is 0 Å². The van der Waals surface area contributed by atoms with E-state index in [1.807, 2.05) is 31.2 Å². The molecular formula is C23H24N4O5. The van der Waals surface area contributed by atoms with Gasteiger partial charge in [-0.05, 0) is 36.8 Å². The number of methoxy groups -OCH3 is 3. The number of aryl methyl sites for hydroxylation is 1. The lowest BCUT2D eigenvalue weighted by molar-refractivity contribution is -0.123. The van der Waals surface area contributed by atoms with Gasteiger partial charge in [-0.1, -0.05) is 12.1 Å². The maximum Gasteiger partial charge on any atom is 0.251 e. The molecule has 0 fully saturated rings. The normalized spacial score (nSPS) is 14.5. The Kier molecular flexibility index (Phi) is 5.72. The van der Waals surface area contributed by atoms with Crippen LogP contribution in [0.1, 0.15) is 18.2 Å². The molecule has 2 N–H and O–H groups in total. The summed E-state index contributed by atoms with van der Waals surface area (Å²) in [4.78, 5) is 25.4. The maximum atomic E-state index is 12.8. The zero-order valence-corrected chi connectivity index (χ0v) is 18.3.